The van der Waals surface area contributed by atoms with Crippen molar-refractivity contribution in [2.75, 3.05) is 19.9 Å². The molecule has 0 saturated carbocycles. The molecule has 0 N–H and O–H groups in total. The molecule has 0 spiro atoms. The molecular formula is C19H19N3O4. The van der Waals surface area contributed by atoms with E-state index in [9.17, 15) is 4.79 Å². The minimum Gasteiger partial charge on any atom is -0.454 e. The molecule has 0 aliphatic carbocycles. The lowest BCUT2D eigenvalue weighted by Crippen LogP contribution is -2.37. The van der Waals surface area contributed by atoms with Crippen LogP contribution in [0.25, 0.3) is 0 Å². The molecule has 1 aromatic carbocycles. The molecule has 26 heavy (non-hydrogen) atoms. The summed E-state index contributed by atoms with van der Waals surface area (Å²) in [6.45, 7) is 2.99. The van der Waals surface area contributed by atoms with Crippen molar-refractivity contribution in [2.45, 2.75) is 25.2 Å². The van der Waals surface area contributed by atoms with E-state index in [0.29, 0.717) is 6.54 Å². The Morgan fingerprint density at radius 3 is 2.92 bits per heavy atom. The van der Waals surface area contributed by atoms with E-state index in [-0.39, 0.29) is 25.0 Å². The Kier molecular flexibility index (Phi) is 3.67. The second kappa shape index (κ2) is 6.17. The summed E-state index contributed by atoms with van der Waals surface area (Å²) in [4.78, 5) is 20.6. The Bertz CT molecular complexity index is 829. The largest absolute Gasteiger partial charge is 0.454 e. The van der Waals surface area contributed by atoms with E-state index in [1.165, 1.54) is 0 Å². The zero-order valence-electron chi connectivity index (χ0n) is 14.2. The van der Waals surface area contributed by atoms with Crippen LogP contribution in [0.5, 0.6) is 11.5 Å². The van der Waals surface area contributed by atoms with Gasteiger partial charge in [0.25, 0.3) is 0 Å². The van der Waals surface area contributed by atoms with Crippen LogP contribution in [-0.2, 0) is 17.8 Å². The first-order valence-electron chi connectivity index (χ1n) is 8.75. The topological polar surface area (TPSA) is 64.1 Å². The van der Waals surface area contributed by atoms with Crippen LogP contribution in [0.4, 0.5) is 4.79 Å². The maximum absolute atomic E-state index is 12.2. The van der Waals surface area contributed by atoms with Gasteiger partial charge in [0.2, 0.25) is 6.79 Å². The van der Waals surface area contributed by atoms with Crippen LogP contribution in [0.3, 0.4) is 0 Å². The lowest BCUT2D eigenvalue weighted by molar-refractivity contribution is 0.118. The van der Waals surface area contributed by atoms with Crippen molar-refractivity contribution < 1.29 is 19.0 Å². The molecular weight excluding hydrogens is 334 g/mol. The van der Waals surface area contributed by atoms with Gasteiger partial charge in [-0.1, -0.05) is 18.2 Å². The van der Waals surface area contributed by atoms with Gasteiger partial charge in [-0.2, -0.15) is 0 Å². The molecule has 2 atom stereocenters. The third-order valence-corrected chi connectivity index (χ3v) is 5.13. The van der Waals surface area contributed by atoms with Gasteiger partial charge >= 0.3 is 6.09 Å². The summed E-state index contributed by atoms with van der Waals surface area (Å²) in [5.41, 5.74) is 1.97. The summed E-state index contributed by atoms with van der Waals surface area (Å²) >= 11 is 0. The summed E-state index contributed by atoms with van der Waals surface area (Å²) in [6, 6.07) is 11.7. The van der Waals surface area contributed by atoms with E-state index in [0.717, 1.165) is 42.4 Å². The van der Waals surface area contributed by atoms with Crippen LogP contribution in [0.1, 0.15) is 11.3 Å². The number of hydrogen-bond acceptors (Lipinski definition) is 6. The average Bonchev–Trinajstić information content (AvgIpc) is 3.33. The number of nitrogens with zero attached hydrogens (tertiary/aromatic N) is 3. The van der Waals surface area contributed by atoms with Crippen molar-refractivity contribution in [3.05, 3.63) is 53.9 Å². The van der Waals surface area contributed by atoms with Gasteiger partial charge in [-0.3, -0.25) is 14.8 Å². The van der Waals surface area contributed by atoms with Crippen molar-refractivity contribution in [2.24, 2.45) is 0 Å². The van der Waals surface area contributed by atoms with Gasteiger partial charge in [-0.15, -0.1) is 0 Å². The van der Waals surface area contributed by atoms with Crippen molar-refractivity contribution in [1.82, 2.24) is 14.8 Å². The van der Waals surface area contributed by atoms with Gasteiger partial charge < -0.3 is 14.2 Å². The van der Waals surface area contributed by atoms with Crippen LogP contribution in [0.2, 0.25) is 0 Å². The molecule has 2 saturated heterocycles. The average molecular weight is 353 g/mol. The zero-order valence-corrected chi connectivity index (χ0v) is 14.2. The van der Waals surface area contributed by atoms with Crippen LogP contribution >= 0.6 is 0 Å². The maximum Gasteiger partial charge on any atom is 0.410 e. The van der Waals surface area contributed by atoms with E-state index in [2.05, 4.69) is 16.0 Å². The second-order valence-electron chi connectivity index (χ2n) is 6.78. The van der Waals surface area contributed by atoms with E-state index in [4.69, 9.17) is 14.2 Å². The summed E-state index contributed by atoms with van der Waals surface area (Å²) in [5, 5.41) is 0. The molecule has 2 aromatic rings. The number of para-hydroxylation sites is 1. The van der Waals surface area contributed by atoms with E-state index < -0.39 is 0 Å². The molecule has 3 aliphatic rings. The maximum atomic E-state index is 12.2. The van der Waals surface area contributed by atoms with Gasteiger partial charge in [-0.05, 0) is 18.2 Å². The Balaban J connectivity index is 1.30. The smallest absolute Gasteiger partial charge is 0.410 e. The number of fused-ring (bicyclic) bond motifs is 2. The van der Waals surface area contributed by atoms with Crippen molar-refractivity contribution in [3.63, 3.8) is 0 Å². The highest BCUT2D eigenvalue weighted by atomic mass is 16.7. The third kappa shape index (κ3) is 2.64. The zero-order chi connectivity index (χ0) is 17.5. The normalized spacial score (nSPS) is 24.0. The van der Waals surface area contributed by atoms with Crippen molar-refractivity contribution in [3.8, 4) is 11.5 Å². The van der Waals surface area contributed by atoms with Crippen LogP contribution in [0.15, 0.2) is 42.6 Å². The molecule has 7 heteroatoms. The lowest BCUT2D eigenvalue weighted by Gasteiger charge is -2.22. The highest BCUT2D eigenvalue weighted by Crippen LogP contribution is 2.37. The van der Waals surface area contributed by atoms with E-state index in [1.54, 1.807) is 11.1 Å². The van der Waals surface area contributed by atoms with E-state index in [1.807, 2.05) is 30.3 Å². The Morgan fingerprint density at radius 2 is 2.04 bits per heavy atom. The minimum absolute atomic E-state index is 0.0541. The number of rotatable bonds is 4. The predicted molar refractivity (Wildman–Crippen MR) is 91.7 cm³/mol. The van der Waals surface area contributed by atoms with Crippen molar-refractivity contribution in [1.29, 1.82) is 0 Å². The number of aromatic nitrogens is 1. The molecule has 2 fully saturated rings. The standard InChI is InChI=1S/C19H19N3O4/c23-19-22(9-14-5-1-2-7-20-14)15-10-21(11-17(15)26-19)8-13-4-3-6-16-18(13)25-12-24-16/h1-7,15,17H,8-12H2/t15-,17+/m0/s1. The number of carbonyl (C=O) groups is 1. The first kappa shape index (κ1) is 15.5. The fourth-order valence-electron chi connectivity index (χ4n) is 3.91. The number of benzene rings is 1. The molecule has 0 radical (unpaired) electrons. The molecule has 3 aliphatic heterocycles. The highest BCUT2D eigenvalue weighted by Gasteiger charge is 2.47. The van der Waals surface area contributed by atoms with Gasteiger partial charge in [0.15, 0.2) is 11.5 Å². The first-order valence-corrected chi connectivity index (χ1v) is 8.75. The van der Waals surface area contributed by atoms with Crippen LogP contribution in [0, 0.1) is 0 Å². The number of pyridine rings is 1. The molecule has 0 unspecified atom stereocenters. The quantitative estimate of drug-likeness (QED) is 0.838. The monoisotopic (exact) mass is 353 g/mol. The minimum atomic E-state index is -0.248. The highest BCUT2D eigenvalue weighted by molar-refractivity contribution is 5.71. The summed E-state index contributed by atoms with van der Waals surface area (Å²) < 4.78 is 16.6. The van der Waals surface area contributed by atoms with Gasteiger partial charge in [-0.25, -0.2) is 4.79 Å². The van der Waals surface area contributed by atoms with Crippen LogP contribution < -0.4 is 9.47 Å². The number of likely N-dealkylation sites (tertiary alicyclic amines) is 1. The predicted octanol–water partition coefficient (Wildman–Crippen LogP) is 2.02. The fourth-order valence-corrected chi connectivity index (χ4v) is 3.91. The first-order chi connectivity index (χ1) is 12.8. The van der Waals surface area contributed by atoms with Crippen LogP contribution in [-0.4, -0.2) is 52.9 Å². The number of ether oxygens (including phenoxy) is 3. The number of hydrogen-bond donors (Lipinski definition) is 0. The molecule has 4 heterocycles. The second-order valence-corrected chi connectivity index (χ2v) is 6.78. The number of amides is 1. The molecule has 1 amide bonds. The van der Waals surface area contributed by atoms with Gasteiger partial charge in [0.05, 0.1) is 18.3 Å². The Morgan fingerprint density at radius 1 is 1.08 bits per heavy atom. The molecule has 7 nitrogen and oxygen atoms in total. The summed E-state index contributed by atoms with van der Waals surface area (Å²) in [6.07, 6.45) is 1.40. The molecule has 0 bridgehead atoms. The Labute approximate surface area is 151 Å². The summed E-state index contributed by atoms with van der Waals surface area (Å²) in [5.74, 6) is 1.62. The van der Waals surface area contributed by atoms with E-state index >= 15 is 0 Å². The molecule has 1 aromatic heterocycles. The summed E-state index contributed by atoms with van der Waals surface area (Å²) in [7, 11) is 0. The third-order valence-electron chi connectivity index (χ3n) is 5.13. The number of carbonyl (C=O) groups excluding carboxylic acids is 1. The fraction of sp³-hybridized carbons (Fsp3) is 0.368. The Hall–Kier alpha value is -2.80. The molecule has 134 valence electrons. The SMILES string of the molecule is O=C1O[C@@H]2CN(Cc3cccc4c3OCO4)C[C@@H]2N1Cc1ccccn1. The lowest BCUT2D eigenvalue weighted by atomic mass is 10.1. The molecule has 5 rings (SSSR count). The van der Waals surface area contributed by atoms with Gasteiger partial charge in [0, 0.05) is 31.4 Å². The van der Waals surface area contributed by atoms with Gasteiger partial charge in [0.1, 0.15) is 6.10 Å². The van der Waals surface area contributed by atoms with Crippen molar-refractivity contribution >= 4 is 6.09 Å².